The van der Waals surface area contributed by atoms with Gasteiger partial charge in [-0.3, -0.25) is 15.2 Å². The third-order valence-electron chi connectivity index (χ3n) is 6.39. The molecule has 9 nitrogen and oxygen atoms in total. The highest BCUT2D eigenvalue weighted by Gasteiger charge is 2.33. The highest BCUT2D eigenvalue weighted by atomic mass is 35.5. The van der Waals surface area contributed by atoms with Crippen molar-refractivity contribution in [2.24, 2.45) is 5.73 Å². The number of halogens is 1. The number of rotatable bonds is 11. The smallest absolute Gasteiger partial charge is 0.330 e. The molecule has 2 amide bonds. The monoisotopic (exact) mass is 588 g/mol. The molecule has 0 aliphatic carbocycles. The number of nitrogens with two attached hydrogens (primary N) is 1. The Morgan fingerprint density at radius 2 is 1.10 bits per heavy atom. The van der Waals surface area contributed by atoms with E-state index in [0.29, 0.717) is 0 Å². The summed E-state index contributed by atoms with van der Waals surface area (Å²) in [6.07, 6.45) is 0. The number of ether oxygens (including phenoxy) is 4. The maximum absolute atomic E-state index is 13.3. The SMILES string of the molecule is COc1c(OCc2ccccc2)c(OCc2ccccc2)c(OCc2ccccc2)c(Cl)c1N(C)C(=O)N(C)C(=N)N. The van der Waals surface area contributed by atoms with Crippen LogP contribution in [0.3, 0.4) is 0 Å². The van der Waals surface area contributed by atoms with E-state index < -0.39 is 12.0 Å². The number of urea groups is 1. The molecule has 4 rings (SSSR count). The van der Waals surface area contributed by atoms with E-state index in [1.54, 1.807) is 0 Å². The zero-order chi connectivity index (χ0) is 30.1. The molecule has 218 valence electrons. The van der Waals surface area contributed by atoms with Gasteiger partial charge >= 0.3 is 6.03 Å². The summed E-state index contributed by atoms with van der Waals surface area (Å²) in [5.74, 6) is 0.298. The lowest BCUT2D eigenvalue weighted by atomic mass is 10.2. The van der Waals surface area contributed by atoms with Crippen molar-refractivity contribution in [3.05, 3.63) is 113 Å². The number of anilines is 1. The highest BCUT2D eigenvalue weighted by molar-refractivity contribution is 6.36. The largest absolute Gasteiger partial charge is 0.491 e. The molecule has 42 heavy (non-hydrogen) atoms. The number of methoxy groups -OCH3 is 1. The van der Waals surface area contributed by atoms with Gasteiger partial charge in [-0.05, 0) is 16.7 Å². The molecular formula is C32H33ClN4O5. The molecule has 0 saturated carbocycles. The summed E-state index contributed by atoms with van der Waals surface area (Å²) in [7, 11) is 4.33. The van der Waals surface area contributed by atoms with E-state index in [-0.39, 0.29) is 53.5 Å². The summed E-state index contributed by atoms with van der Waals surface area (Å²) >= 11 is 7.02. The van der Waals surface area contributed by atoms with Crippen molar-refractivity contribution in [2.45, 2.75) is 19.8 Å². The second-order valence-electron chi connectivity index (χ2n) is 9.29. The molecule has 0 radical (unpaired) electrons. The van der Waals surface area contributed by atoms with E-state index in [1.807, 2.05) is 91.0 Å². The van der Waals surface area contributed by atoms with Crippen LogP contribution in [0.25, 0.3) is 0 Å². The Hall–Kier alpha value is -4.89. The molecule has 0 spiro atoms. The Labute approximate surface area is 250 Å². The number of carbonyl (C=O) groups excluding carboxylic acids is 1. The second kappa shape index (κ2) is 14.1. The van der Waals surface area contributed by atoms with Crippen molar-refractivity contribution in [3.8, 4) is 23.0 Å². The van der Waals surface area contributed by atoms with E-state index in [4.69, 9.17) is 41.7 Å². The molecule has 0 unspecified atom stereocenters. The normalized spacial score (nSPS) is 10.5. The van der Waals surface area contributed by atoms with Crippen LogP contribution in [0.5, 0.6) is 23.0 Å². The lowest BCUT2D eigenvalue weighted by Gasteiger charge is -2.29. The van der Waals surface area contributed by atoms with Gasteiger partial charge < -0.3 is 24.7 Å². The first kappa shape index (κ1) is 30.1. The minimum atomic E-state index is -0.622. The number of carbonyl (C=O) groups is 1. The zero-order valence-corrected chi connectivity index (χ0v) is 24.4. The molecule has 10 heteroatoms. The van der Waals surface area contributed by atoms with Gasteiger partial charge in [0.25, 0.3) is 0 Å². The molecule has 0 fully saturated rings. The van der Waals surface area contributed by atoms with Crippen molar-refractivity contribution in [3.63, 3.8) is 0 Å². The van der Waals surface area contributed by atoms with Gasteiger partial charge in [0.2, 0.25) is 11.5 Å². The van der Waals surface area contributed by atoms with Gasteiger partial charge in [-0.2, -0.15) is 0 Å². The van der Waals surface area contributed by atoms with Crippen molar-refractivity contribution in [2.75, 3.05) is 26.1 Å². The van der Waals surface area contributed by atoms with Gasteiger partial charge in [0.1, 0.15) is 30.5 Å². The van der Waals surface area contributed by atoms with E-state index in [2.05, 4.69) is 0 Å². The van der Waals surface area contributed by atoms with Gasteiger partial charge in [0.15, 0.2) is 17.5 Å². The average molecular weight is 589 g/mol. The van der Waals surface area contributed by atoms with Crippen LogP contribution in [0.15, 0.2) is 91.0 Å². The van der Waals surface area contributed by atoms with Crippen LogP contribution in [0, 0.1) is 5.41 Å². The number of benzene rings is 4. The average Bonchev–Trinajstić information content (AvgIpc) is 3.02. The summed E-state index contributed by atoms with van der Waals surface area (Å²) in [6.45, 7) is 0.519. The maximum atomic E-state index is 13.3. The van der Waals surface area contributed by atoms with Crippen LogP contribution < -0.4 is 29.6 Å². The quantitative estimate of drug-likeness (QED) is 0.153. The summed E-state index contributed by atoms with van der Waals surface area (Å²) < 4.78 is 24.8. The van der Waals surface area contributed by atoms with Crippen molar-refractivity contribution >= 4 is 29.3 Å². The Kier molecular flexibility index (Phi) is 10.1. The van der Waals surface area contributed by atoms with Crippen LogP contribution >= 0.6 is 11.6 Å². The van der Waals surface area contributed by atoms with Gasteiger partial charge in [-0.25, -0.2) is 4.79 Å². The highest BCUT2D eigenvalue weighted by Crippen LogP contribution is 2.56. The van der Waals surface area contributed by atoms with Crippen LogP contribution in [-0.2, 0) is 19.8 Å². The number of hydrogen-bond donors (Lipinski definition) is 2. The van der Waals surface area contributed by atoms with Gasteiger partial charge in [-0.1, -0.05) is 103 Å². The standard InChI is InChI=1S/C32H33ClN4O5/c1-36(32(38)37(2)31(34)35)26-25(33)27(40-19-22-13-7-4-8-14-22)29(41-20-23-15-9-5-10-16-23)30(28(26)39-3)42-21-24-17-11-6-12-18-24/h4-18H,19-21H2,1-3H3,(H3,34,35). The second-order valence-corrected chi connectivity index (χ2v) is 9.67. The number of guanidine groups is 1. The van der Waals surface area contributed by atoms with Crippen LogP contribution in [0.2, 0.25) is 5.02 Å². The molecule has 0 aliphatic rings. The molecule has 0 bridgehead atoms. The van der Waals surface area contributed by atoms with Crippen molar-refractivity contribution in [1.29, 1.82) is 5.41 Å². The number of amides is 2. The van der Waals surface area contributed by atoms with Gasteiger partial charge in [0, 0.05) is 14.1 Å². The Morgan fingerprint density at radius 3 is 1.48 bits per heavy atom. The summed E-state index contributed by atoms with van der Waals surface area (Å²) in [6, 6.07) is 28.2. The Bertz CT molecular complexity index is 1500. The predicted molar refractivity (Wildman–Crippen MR) is 164 cm³/mol. The maximum Gasteiger partial charge on any atom is 0.330 e. The lowest BCUT2D eigenvalue weighted by molar-refractivity contribution is 0.222. The molecule has 0 aromatic heterocycles. The molecule has 4 aromatic carbocycles. The molecule has 4 aromatic rings. The number of hydrogen-bond acceptors (Lipinski definition) is 6. The first-order valence-electron chi connectivity index (χ1n) is 13.1. The third kappa shape index (κ3) is 7.05. The number of nitrogens with one attached hydrogen (secondary N) is 1. The van der Waals surface area contributed by atoms with Crippen LogP contribution in [0.4, 0.5) is 10.5 Å². The topological polar surface area (TPSA) is 110 Å². The zero-order valence-electron chi connectivity index (χ0n) is 23.7. The third-order valence-corrected chi connectivity index (χ3v) is 6.74. The molecule has 0 saturated heterocycles. The van der Waals surface area contributed by atoms with E-state index >= 15 is 0 Å². The fourth-order valence-electron chi connectivity index (χ4n) is 4.11. The minimum Gasteiger partial charge on any atom is -0.491 e. The fourth-order valence-corrected chi connectivity index (χ4v) is 4.47. The Balaban J connectivity index is 1.88. The van der Waals surface area contributed by atoms with Crippen molar-refractivity contribution in [1.82, 2.24) is 4.90 Å². The minimum absolute atomic E-state index is 0.0608. The molecule has 0 aliphatic heterocycles. The summed E-state index contributed by atoms with van der Waals surface area (Å²) in [4.78, 5) is 15.5. The van der Waals surface area contributed by atoms with E-state index in [0.717, 1.165) is 21.6 Å². The van der Waals surface area contributed by atoms with Crippen LogP contribution in [-0.4, -0.2) is 38.1 Å². The lowest BCUT2D eigenvalue weighted by Crippen LogP contribution is -2.45. The molecule has 3 N–H and O–H groups in total. The summed E-state index contributed by atoms with van der Waals surface area (Å²) in [5, 5.41) is 7.80. The van der Waals surface area contributed by atoms with E-state index in [1.165, 1.54) is 26.1 Å². The fraction of sp³-hybridized carbons (Fsp3) is 0.188. The molecule has 0 heterocycles. The van der Waals surface area contributed by atoms with Gasteiger partial charge in [-0.15, -0.1) is 0 Å². The Morgan fingerprint density at radius 1 is 0.714 bits per heavy atom. The van der Waals surface area contributed by atoms with Gasteiger partial charge in [0.05, 0.1) is 7.11 Å². The first-order valence-corrected chi connectivity index (χ1v) is 13.5. The predicted octanol–water partition coefficient (Wildman–Crippen LogP) is 6.47. The van der Waals surface area contributed by atoms with Crippen molar-refractivity contribution < 1.29 is 23.7 Å². The molecular weight excluding hydrogens is 556 g/mol. The summed E-state index contributed by atoms with van der Waals surface area (Å²) in [5.41, 5.74) is 8.46. The first-order chi connectivity index (χ1) is 20.3. The van der Waals surface area contributed by atoms with E-state index in [9.17, 15) is 4.79 Å². The molecule has 0 atom stereocenters. The number of nitrogens with zero attached hydrogens (tertiary/aromatic N) is 2. The van der Waals surface area contributed by atoms with Crippen LogP contribution in [0.1, 0.15) is 16.7 Å².